The van der Waals surface area contributed by atoms with Crippen LogP contribution < -0.4 is 10.5 Å². The topological polar surface area (TPSA) is 87.7 Å². The number of hydrogen-bond acceptors (Lipinski definition) is 6. The van der Waals surface area contributed by atoms with Crippen LogP contribution in [0.2, 0.25) is 5.02 Å². The zero-order valence-corrected chi connectivity index (χ0v) is 14.5. The van der Waals surface area contributed by atoms with E-state index >= 15 is 0 Å². The number of carbonyl (C=O) groups is 2. The number of para-hydroxylation sites is 2. The molecule has 0 bridgehead atoms. The lowest BCUT2D eigenvalue weighted by Gasteiger charge is -2.07. The molecule has 3 aromatic rings. The molecule has 0 saturated heterocycles. The summed E-state index contributed by atoms with van der Waals surface area (Å²) in [5.74, 6) is -1.39. The molecule has 0 aliphatic rings. The third-order valence-electron chi connectivity index (χ3n) is 3.70. The van der Waals surface area contributed by atoms with E-state index in [0.29, 0.717) is 16.8 Å². The van der Waals surface area contributed by atoms with Crippen LogP contribution in [-0.2, 0) is 16.1 Å². The standard InChI is InChI=1S/C18H14ClNO6/c1-24-15-7-6-11(8-12(15)19)14(21)10-25-17(22)9-20-13-4-2-3-5-16(13)26-18(20)23/h2-8H,9-10H2,1H3. The number of oxazole rings is 1. The minimum Gasteiger partial charge on any atom is -0.495 e. The summed E-state index contributed by atoms with van der Waals surface area (Å²) in [4.78, 5) is 35.9. The quantitative estimate of drug-likeness (QED) is 0.486. The highest BCUT2D eigenvalue weighted by molar-refractivity contribution is 6.32. The third kappa shape index (κ3) is 3.62. The van der Waals surface area contributed by atoms with Gasteiger partial charge in [0, 0.05) is 5.56 Å². The second-order valence-corrected chi connectivity index (χ2v) is 5.76. The summed E-state index contributed by atoms with van der Waals surface area (Å²) in [5.41, 5.74) is 1.13. The Hall–Kier alpha value is -3.06. The monoisotopic (exact) mass is 375 g/mol. The summed E-state index contributed by atoms with van der Waals surface area (Å²) in [5, 5.41) is 0.279. The van der Waals surface area contributed by atoms with E-state index < -0.39 is 24.1 Å². The Morgan fingerprint density at radius 3 is 2.69 bits per heavy atom. The molecular formula is C18H14ClNO6. The number of nitrogens with zero attached hydrogens (tertiary/aromatic N) is 1. The van der Waals surface area contributed by atoms with E-state index in [1.54, 1.807) is 30.3 Å². The Morgan fingerprint density at radius 1 is 1.19 bits per heavy atom. The summed E-state index contributed by atoms with van der Waals surface area (Å²) in [7, 11) is 1.46. The van der Waals surface area contributed by atoms with Crippen LogP contribution in [0.3, 0.4) is 0 Å². The van der Waals surface area contributed by atoms with E-state index in [9.17, 15) is 14.4 Å². The van der Waals surface area contributed by atoms with Gasteiger partial charge < -0.3 is 13.9 Å². The molecule has 134 valence electrons. The minimum atomic E-state index is -0.730. The first-order chi connectivity index (χ1) is 12.5. The van der Waals surface area contributed by atoms with Crippen LogP contribution in [0, 0.1) is 0 Å². The maximum absolute atomic E-state index is 12.1. The van der Waals surface area contributed by atoms with Crippen LogP contribution >= 0.6 is 11.6 Å². The van der Waals surface area contributed by atoms with Crippen LogP contribution in [0.25, 0.3) is 11.1 Å². The summed E-state index contributed by atoms with van der Waals surface area (Å²) >= 11 is 5.97. The van der Waals surface area contributed by atoms with Gasteiger partial charge in [0.15, 0.2) is 18.0 Å². The zero-order chi connectivity index (χ0) is 18.7. The number of esters is 1. The van der Waals surface area contributed by atoms with Crippen molar-refractivity contribution < 1.29 is 23.5 Å². The maximum atomic E-state index is 12.1. The van der Waals surface area contributed by atoms with Gasteiger partial charge in [0.1, 0.15) is 12.3 Å². The fourth-order valence-corrected chi connectivity index (χ4v) is 2.67. The van der Waals surface area contributed by atoms with Crippen LogP contribution in [0.15, 0.2) is 51.7 Å². The average molecular weight is 376 g/mol. The molecule has 0 amide bonds. The normalized spacial score (nSPS) is 10.7. The van der Waals surface area contributed by atoms with Crippen molar-refractivity contribution >= 4 is 34.5 Å². The first-order valence-electron chi connectivity index (χ1n) is 7.60. The van der Waals surface area contributed by atoms with Gasteiger partial charge in [-0.25, -0.2) is 4.79 Å². The molecule has 0 spiro atoms. The molecular weight excluding hydrogens is 362 g/mol. The number of benzene rings is 2. The van der Waals surface area contributed by atoms with E-state index in [1.807, 2.05) is 0 Å². The van der Waals surface area contributed by atoms with Crippen molar-refractivity contribution in [3.05, 3.63) is 63.6 Å². The number of methoxy groups -OCH3 is 1. The third-order valence-corrected chi connectivity index (χ3v) is 3.99. The Kier molecular flexibility index (Phi) is 5.09. The van der Waals surface area contributed by atoms with Gasteiger partial charge in [-0.2, -0.15) is 0 Å². The molecule has 2 aromatic carbocycles. The highest BCUT2D eigenvalue weighted by Crippen LogP contribution is 2.25. The van der Waals surface area contributed by atoms with E-state index in [1.165, 1.54) is 19.2 Å². The molecule has 0 N–H and O–H groups in total. The van der Waals surface area contributed by atoms with Crippen LogP contribution in [-0.4, -0.2) is 30.0 Å². The van der Waals surface area contributed by atoms with Gasteiger partial charge in [0.2, 0.25) is 0 Å². The SMILES string of the molecule is COc1ccc(C(=O)COC(=O)Cn2c(=O)oc3ccccc32)cc1Cl. The van der Waals surface area contributed by atoms with E-state index in [0.717, 1.165) is 4.57 Å². The predicted octanol–water partition coefficient (Wildman–Crippen LogP) is 2.68. The highest BCUT2D eigenvalue weighted by atomic mass is 35.5. The fourth-order valence-electron chi connectivity index (χ4n) is 2.41. The van der Waals surface area contributed by atoms with Crippen molar-refractivity contribution in [2.24, 2.45) is 0 Å². The number of rotatable bonds is 6. The lowest BCUT2D eigenvalue weighted by Crippen LogP contribution is -2.23. The second-order valence-electron chi connectivity index (χ2n) is 5.36. The van der Waals surface area contributed by atoms with E-state index in [2.05, 4.69) is 0 Å². The Labute approximate surface area is 152 Å². The van der Waals surface area contributed by atoms with Crippen molar-refractivity contribution in [2.75, 3.05) is 13.7 Å². The number of hydrogen-bond donors (Lipinski definition) is 0. The number of carbonyl (C=O) groups excluding carboxylic acids is 2. The molecule has 0 aliphatic heterocycles. The number of Topliss-reactive ketones (excluding diaryl/α,β-unsaturated/α-hetero) is 1. The molecule has 0 saturated carbocycles. The van der Waals surface area contributed by atoms with Gasteiger partial charge in [-0.3, -0.25) is 14.2 Å². The molecule has 0 radical (unpaired) electrons. The summed E-state index contributed by atoms with van der Waals surface area (Å²) < 4.78 is 16.2. The van der Waals surface area contributed by atoms with Gasteiger partial charge in [-0.15, -0.1) is 0 Å². The maximum Gasteiger partial charge on any atom is 0.420 e. The van der Waals surface area contributed by atoms with Gasteiger partial charge in [0.25, 0.3) is 0 Å². The number of aromatic nitrogens is 1. The Balaban J connectivity index is 1.65. The first kappa shape index (κ1) is 17.8. The summed E-state index contributed by atoms with van der Waals surface area (Å²) in [6.45, 7) is -0.821. The number of ether oxygens (including phenoxy) is 2. The second kappa shape index (κ2) is 7.45. The first-order valence-corrected chi connectivity index (χ1v) is 7.98. The smallest absolute Gasteiger partial charge is 0.420 e. The van der Waals surface area contributed by atoms with Crippen molar-refractivity contribution in [1.82, 2.24) is 4.57 Å². The van der Waals surface area contributed by atoms with Crippen molar-refractivity contribution in [2.45, 2.75) is 6.54 Å². The zero-order valence-electron chi connectivity index (χ0n) is 13.7. The van der Waals surface area contributed by atoms with Gasteiger partial charge in [-0.05, 0) is 30.3 Å². The minimum absolute atomic E-state index is 0.279. The van der Waals surface area contributed by atoms with Crippen LogP contribution in [0.5, 0.6) is 5.75 Å². The Bertz CT molecular complexity index is 1040. The van der Waals surface area contributed by atoms with Crippen LogP contribution in [0.1, 0.15) is 10.4 Å². The molecule has 0 atom stereocenters. The van der Waals surface area contributed by atoms with Crippen LogP contribution in [0.4, 0.5) is 0 Å². The Morgan fingerprint density at radius 2 is 1.96 bits per heavy atom. The number of ketones is 1. The molecule has 8 heteroatoms. The van der Waals surface area contributed by atoms with E-state index in [4.69, 9.17) is 25.5 Å². The molecule has 0 fully saturated rings. The van der Waals surface area contributed by atoms with Crippen molar-refractivity contribution in [3.63, 3.8) is 0 Å². The number of fused-ring (bicyclic) bond motifs is 1. The largest absolute Gasteiger partial charge is 0.495 e. The average Bonchev–Trinajstić information content (AvgIpc) is 2.95. The molecule has 3 rings (SSSR count). The molecule has 0 unspecified atom stereocenters. The van der Waals surface area contributed by atoms with E-state index in [-0.39, 0.29) is 17.1 Å². The van der Waals surface area contributed by atoms with Crippen molar-refractivity contribution in [3.8, 4) is 5.75 Å². The molecule has 7 nitrogen and oxygen atoms in total. The van der Waals surface area contributed by atoms with Gasteiger partial charge in [-0.1, -0.05) is 23.7 Å². The lowest BCUT2D eigenvalue weighted by atomic mass is 10.1. The van der Waals surface area contributed by atoms with Gasteiger partial charge >= 0.3 is 11.7 Å². The lowest BCUT2D eigenvalue weighted by molar-refractivity contribution is -0.143. The molecule has 26 heavy (non-hydrogen) atoms. The fraction of sp³-hybridized carbons (Fsp3) is 0.167. The molecule has 1 aromatic heterocycles. The predicted molar refractivity (Wildman–Crippen MR) is 93.8 cm³/mol. The molecule has 0 aliphatic carbocycles. The number of halogens is 1. The van der Waals surface area contributed by atoms with Gasteiger partial charge in [0.05, 0.1) is 17.6 Å². The summed E-state index contributed by atoms with van der Waals surface area (Å²) in [6, 6.07) is 11.2. The van der Waals surface area contributed by atoms with Crippen molar-refractivity contribution in [1.29, 1.82) is 0 Å². The molecule has 1 heterocycles. The summed E-state index contributed by atoms with van der Waals surface area (Å²) in [6.07, 6.45) is 0. The highest BCUT2D eigenvalue weighted by Gasteiger charge is 2.15.